The molecule has 0 aliphatic carbocycles. The first kappa shape index (κ1) is 23.5. The van der Waals surface area contributed by atoms with Crippen molar-refractivity contribution in [3.8, 4) is 0 Å². The molecule has 3 N–H and O–H groups in total. The average Bonchev–Trinajstić information content (AvgIpc) is 3.04. The summed E-state index contributed by atoms with van der Waals surface area (Å²) in [5.74, 6) is -0.433. The van der Waals surface area contributed by atoms with Crippen LogP contribution in [0.2, 0.25) is 0 Å². The van der Waals surface area contributed by atoms with Gasteiger partial charge in [0, 0.05) is 26.7 Å². The number of hydrogen-bond donors (Lipinski definition) is 3. The number of nitrogens with one attached hydrogen (secondary N) is 2. The number of benzene rings is 1. The van der Waals surface area contributed by atoms with Gasteiger partial charge in [-0.2, -0.15) is 13.2 Å². The maximum absolute atomic E-state index is 12.6. The average molecular weight is 430 g/mol. The molecule has 2 amide bonds. The molecule has 0 saturated heterocycles. The van der Waals surface area contributed by atoms with Gasteiger partial charge in [0.25, 0.3) is 5.91 Å². The summed E-state index contributed by atoms with van der Waals surface area (Å²) in [6.07, 6.45) is -5.93. The number of aliphatic hydroxyl groups excluding tert-OH is 1. The summed E-state index contributed by atoms with van der Waals surface area (Å²) in [6, 6.07) is 9.00. The van der Waals surface area contributed by atoms with E-state index in [0.717, 1.165) is 5.56 Å². The Morgan fingerprint density at radius 1 is 1.37 bits per heavy atom. The van der Waals surface area contributed by atoms with E-state index in [4.69, 9.17) is 9.84 Å². The Balaban J connectivity index is 2.33. The van der Waals surface area contributed by atoms with Gasteiger partial charge in [-0.3, -0.25) is 14.9 Å². The molecule has 1 atom stereocenters. The van der Waals surface area contributed by atoms with E-state index in [1.54, 1.807) is 36.2 Å². The van der Waals surface area contributed by atoms with Gasteiger partial charge < -0.3 is 25.0 Å². The zero-order valence-corrected chi connectivity index (χ0v) is 16.5. The van der Waals surface area contributed by atoms with Gasteiger partial charge in [-0.1, -0.05) is 30.3 Å². The zero-order valence-electron chi connectivity index (χ0n) is 16.5. The third-order valence-corrected chi connectivity index (χ3v) is 4.35. The summed E-state index contributed by atoms with van der Waals surface area (Å²) in [4.78, 5) is 26.6. The first-order chi connectivity index (χ1) is 14.3. The van der Waals surface area contributed by atoms with Crippen LogP contribution in [-0.2, 0) is 20.9 Å². The number of hydrogen-bond acceptors (Lipinski definition) is 7. The number of ether oxygens (including phenoxy) is 1. The number of nitrogens with zero attached hydrogens (tertiary/aromatic N) is 2. The Labute approximate surface area is 172 Å². The smallest absolute Gasteiger partial charge is 0.391 e. The van der Waals surface area contributed by atoms with Crippen LogP contribution >= 0.6 is 0 Å². The van der Waals surface area contributed by atoms with E-state index in [9.17, 15) is 22.8 Å². The first-order valence-electron chi connectivity index (χ1n) is 9.33. The Morgan fingerprint density at radius 2 is 2.07 bits per heavy atom. The Hall–Kier alpha value is -2.79. The zero-order chi connectivity index (χ0) is 22.1. The standard InChI is InChI=1S/C19H25F3N4O4/c1-25(9-5-10-27)16-15(17(29)23-13-28)26(12-14-6-3-2-4-7-14)18(24-16)30-11-8-19(20,21)22/h2-4,6-7,13,18,24,27H,5,8-12H2,1H3,(H,23,28,29). The van der Waals surface area contributed by atoms with E-state index in [2.05, 4.69) is 10.6 Å². The molecule has 1 aliphatic rings. The van der Waals surface area contributed by atoms with Gasteiger partial charge in [-0.05, 0) is 12.0 Å². The SMILES string of the molecule is CN(CCCO)C1=C(C(=O)NC=O)N(Cc2ccccc2)C(OCCC(F)(F)F)N1. The Kier molecular flexibility index (Phi) is 8.48. The van der Waals surface area contributed by atoms with Gasteiger partial charge in [-0.25, -0.2) is 0 Å². The number of aliphatic hydroxyl groups is 1. The topological polar surface area (TPSA) is 94.1 Å². The predicted octanol–water partition coefficient (Wildman–Crippen LogP) is 1.10. The number of carbonyl (C=O) groups is 2. The van der Waals surface area contributed by atoms with Crippen LogP contribution < -0.4 is 10.6 Å². The number of rotatable bonds is 11. The molecule has 11 heteroatoms. The molecule has 2 rings (SSSR count). The molecular formula is C19H25F3N4O4. The highest BCUT2D eigenvalue weighted by molar-refractivity contribution is 5.99. The monoisotopic (exact) mass is 430 g/mol. The van der Waals surface area contributed by atoms with Crippen LogP contribution in [0.15, 0.2) is 41.8 Å². The molecule has 1 aliphatic heterocycles. The summed E-state index contributed by atoms with van der Waals surface area (Å²) in [5, 5.41) is 14.1. The van der Waals surface area contributed by atoms with E-state index in [-0.39, 0.29) is 31.1 Å². The van der Waals surface area contributed by atoms with E-state index in [1.165, 1.54) is 4.90 Å². The molecule has 166 valence electrons. The summed E-state index contributed by atoms with van der Waals surface area (Å²) < 4.78 is 43.1. The third-order valence-electron chi connectivity index (χ3n) is 4.35. The van der Waals surface area contributed by atoms with Crippen molar-refractivity contribution in [3.63, 3.8) is 0 Å². The second-order valence-corrected chi connectivity index (χ2v) is 6.63. The predicted molar refractivity (Wildman–Crippen MR) is 101 cm³/mol. The number of alkyl halides is 3. The van der Waals surface area contributed by atoms with Crippen LogP contribution in [0, 0.1) is 0 Å². The molecule has 1 aromatic rings. The second kappa shape index (κ2) is 10.8. The van der Waals surface area contributed by atoms with Gasteiger partial charge in [-0.15, -0.1) is 0 Å². The van der Waals surface area contributed by atoms with E-state index in [1.807, 2.05) is 6.07 Å². The number of carbonyl (C=O) groups excluding carboxylic acids is 2. The number of imide groups is 1. The fourth-order valence-corrected chi connectivity index (χ4v) is 2.95. The summed E-state index contributed by atoms with van der Waals surface area (Å²) in [6.45, 7) is -0.163. The third kappa shape index (κ3) is 6.63. The summed E-state index contributed by atoms with van der Waals surface area (Å²) in [7, 11) is 1.66. The highest BCUT2D eigenvalue weighted by Crippen LogP contribution is 2.27. The molecule has 30 heavy (non-hydrogen) atoms. The molecule has 1 heterocycles. The molecular weight excluding hydrogens is 405 g/mol. The van der Waals surface area contributed by atoms with Crippen LogP contribution in [0.1, 0.15) is 18.4 Å². The van der Waals surface area contributed by atoms with Crippen molar-refractivity contribution in [1.29, 1.82) is 0 Å². The van der Waals surface area contributed by atoms with Crippen LogP contribution in [0.25, 0.3) is 0 Å². The van der Waals surface area contributed by atoms with Crippen LogP contribution in [0.5, 0.6) is 0 Å². The van der Waals surface area contributed by atoms with Crippen molar-refractivity contribution in [2.24, 2.45) is 0 Å². The fourth-order valence-electron chi connectivity index (χ4n) is 2.95. The van der Waals surface area contributed by atoms with Crippen molar-refractivity contribution in [1.82, 2.24) is 20.4 Å². The van der Waals surface area contributed by atoms with Crippen molar-refractivity contribution in [2.45, 2.75) is 31.9 Å². The quantitative estimate of drug-likeness (QED) is 0.453. The van der Waals surface area contributed by atoms with Crippen molar-refractivity contribution < 1.29 is 32.6 Å². The number of amides is 2. The second-order valence-electron chi connectivity index (χ2n) is 6.63. The highest BCUT2D eigenvalue weighted by Gasteiger charge is 2.38. The minimum atomic E-state index is -4.38. The van der Waals surface area contributed by atoms with Gasteiger partial charge in [0.2, 0.25) is 12.8 Å². The highest BCUT2D eigenvalue weighted by atomic mass is 19.4. The lowest BCUT2D eigenvalue weighted by molar-refractivity contribution is -0.158. The summed E-state index contributed by atoms with van der Waals surface area (Å²) >= 11 is 0. The lowest BCUT2D eigenvalue weighted by Crippen LogP contribution is -2.42. The lowest BCUT2D eigenvalue weighted by Gasteiger charge is -2.28. The molecule has 0 saturated carbocycles. The van der Waals surface area contributed by atoms with Gasteiger partial charge >= 0.3 is 6.18 Å². The molecule has 1 aromatic carbocycles. The Morgan fingerprint density at radius 3 is 2.67 bits per heavy atom. The normalized spacial score (nSPS) is 16.4. The molecule has 1 unspecified atom stereocenters. The van der Waals surface area contributed by atoms with E-state index >= 15 is 0 Å². The first-order valence-corrected chi connectivity index (χ1v) is 9.33. The van der Waals surface area contributed by atoms with Crippen LogP contribution in [0.4, 0.5) is 13.2 Å². The maximum atomic E-state index is 12.6. The lowest BCUT2D eigenvalue weighted by atomic mass is 10.2. The van der Waals surface area contributed by atoms with Gasteiger partial charge in [0.05, 0.1) is 13.0 Å². The minimum absolute atomic E-state index is 0.0587. The number of halogens is 3. The van der Waals surface area contributed by atoms with Crippen molar-refractivity contribution in [2.75, 3.05) is 26.8 Å². The van der Waals surface area contributed by atoms with Crippen molar-refractivity contribution >= 4 is 12.3 Å². The van der Waals surface area contributed by atoms with Crippen LogP contribution in [0.3, 0.4) is 0 Å². The molecule has 0 aromatic heterocycles. The molecule has 0 fully saturated rings. The van der Waals surface area contributed by atoms with Gasteiger partial charge in [0.15, 0.2) is 0 Å². The van der Waals surface area contributed by atoms with E-state index in [0.29, 0.717) is 13.0 Å². The fraction of sp³-hybridized carbons (Fsp3) is 0.474. The molecule has 0 bridgehead atoms. The summed E-state index contributed by atoms with van der Waals surface area (Å²) in [5.41, 5.74) is 0.850. The van der Waals surface area contributed by atoms with Crippen molar-refractivity contribution in [3.05, 3.63) is 47.4 Å². The van der Waals surface area contributed by atoms with Crippen LogP contribution in [-0.4, -0.2) is 66.6 Å². The largest absolute Gasteiger partial charge is 0.396 e. The molecule has 0 radical (unpaired) electrons. The molecule has 0 spiro atoms. The minimum Gasteiger partial charge on any atom is -0.396 e. The van der Waals surface area contributed by atoms with E-state index < -0.39 is 31.5 Å². The maximum Gasteiger partial charge on any atom is 0.391 e. The molecule has 8 nitrogen and oxygen atoms in total. The van der Waals surface area contributed by atoms with Gasteiger partial charge in [0.1, 0.15) is 11.5 Å². The Bertz CT molecular complexity index is 743.